The van der Waals surface area contributed by atoms with Crippen molar-refractivity contribution in [3.63, 3.8) is 0 Å². The molecule has 10 heteroatoms. The van der Waals surface area contributed by atoms with Gasteiger partial charge in [-0.3, -0.25) is 0 Å². The largest absolute Gasteiger partial charge is 0.368 e. The fourth-order valence-electron chi connectivity index (χ4n) is 1.60. The van der Waals surface area contributed by atoms with E-state index in [-0.39, 0.29) is 0 Å². The molecular weight excluding hydrogens is 238 g/mol. The average molecular weight is 248 g/mol. The zero-order chi connectivity index (χ0) is 13.1. The first-order valence-electron chi connectivity index (χ1n) is 4.71. The molecular formula is C7H10F2N6O2. The predicted octanol–water partition coefficient (Wildman–Crippen LogP) is 1.96. The van der Waals surface area contributed by atoms with Crippen LogP contribution in [0.2, 0.25) is 0 Å². The number of aliphatic hydroxyl groups is 1. The number of azide groups is 2. The van der Waals surface area contributed by atoms with Crippen molar-refractivity contribution in [3.8, 4) is 0 Å². The minimum absolute atomic E-state index is 0.603. The number of halogens is 2. The Bertz CT molecular complexity index is 375. The van der Waals surface area contributed by atoms with Gasteiger partial charge in [-0.15, -0.1) is 0 Å². The van der Waals surface area contributed by atoms with Crippen LogP contribution in [0.4, 0.5) is 8.78 Å². The molecule has 0 aliphatic carbocycles. The van der Waals surface area contributed by atoms with Crippen molar-refractivity contribution in [2.45, 2.75) is 31.3 Å². The Morgan fingerprint density at radius 3 is 2.59 bits per heavy atom. The number of hydrogen-bond acceptors (Lipinski definition) is 4. The van der Waals surface area contributed by atoms with Crippen LogP contribution in [0.1, 0.15) is 6.92 Å². The second kappa shape index (κ2) is 5.15. The molecule has 8 nitrogen and oxygen atoms in total. The minimum Gasteiger partial charge on any atom is -0.368 e. The Balaban J connectivity index is 2.95. The van der Waals surface area contributed by atoms with Crippen molar-refractivity contribution >= 4 is 0 Å². The van der Waals surface area contributed by atoms with Crippen LogP contribution in [-0.4, -0.2) is 36.0 Å². The summed E-state index contributed by atoms with van der Waals surface area (Å²) in [5.74, 6) is -4.77. The van der Waals surface area contributed by atoms with E-state index in [1.54, 1.807) is 0 Å². The molecule has 1 aliphatic rings. The molecule has 0 unspecified atom stereocenters. The lowest BCUT2D eigenvalue weighted by Gasteiger charge is -2.41. The molecule has 0 bridgehead atoms. The molecule has 4 atom stereocenters. The molecule has 94 valence electrons. The van der Waals surface area contributed by atoms with Crippen molar-refractivity contribution in [1.29, 1.82) is 0 Å². The van der Waals surface area contributed by atoms with E-state index in [0.29, 0.717) is 0 Å². The van der Waals surface area contributed by atoms with Crippen LogP contribution in [-0.2, 0) is 4.74 Å². The minimum atomic E-state index is -3.35. The normalized spacial score (nSPS) is 35.5. The predicted molar refractivity (Wildman–Crippen MR) is 51.9 cm³/mol. The SMILES string of the molecule is C[C@@H]1[C@@H](N=[N+]=[N-])[C@@H](O)O[C@H](CN=[N+]=[N-])C1(F)F. The zero-order valence-electron chi connectivity index (χ0n) is 8.81. The Kier molecular flexibility index (Phi) is 4.08. The lowest BCUT2D eigenvalue weighted by molar-refractivity contribution is -0.278. The van der Waals surface area contributed by atoms with Crippen LogP contribution in [0.3, 0.4) is 0 Å². The Morgan fingerprint density at radius 1 is 1.41 bits per heavy atom. The Labute approximate surface area is 94.4 Å². The maximum atomic E-state index is 13.7. The van der Waals surface area contributed by atoms with Crippen molar-refractivity contribution in [1.82, 2.24) is 0 Å². The number of rotatable bonds is 3. The highest BCUT2D eigenvalue weighted by atomic mass is 19.3. The molecule has 0 aromatic heterocycles. The smallest absolute Gasteiger partial charge is 0.277 e. The summed E-state index contributed by atoms with van der Waals surface area (Å²) in [7, 11) is 0. The zero-order valence-corrected chi connectivity index (χ0v) is 8.81. The van der Waals surface area contributed by atoms with Gasteiger partial charge < -0.3 is 9.84 Å². The van der Waals surface area contributed by atoms with Crippen LogP contribution in [0.25, 0.3) is 20.9 Å². The standard InChI is InChI=1S/C7H10F2N6O2/c1-3-5(13-15-11)6(16)17-4(2-12-14-10)7(3,8)9/h3-6,16H,2H2,1H3/t3-,4-,5-,6+/m1/s1. The van der Waals surface area contributed by atoms with Gasteiger partial charge in [0.15, 0.2) is 6.29 Å². The van der Waals surface area contributed by atoms with Gasteiger partial charge in [0, 0.05) is 15.7 Å². The summed E-state index contributed by atoms with van der Waals surface area (Å²) in [6.45, 7) is 0.530. The van der Waals surface area contributed by atoms with E-state index in [9.17, 15) is 13.9 Å². The molecule has 0 aromatic rings. The van der Waals surface area contributed by atoms with Gasteiger partial charge in [-0.05, 0) is 11.1 Å². The van der Waals surface area contributed by atoms with E-state index >= 15 is 0 Å². The number of aliphatic hydroxyl groups excluding tert-OH is 1. The Morgan fingerprint density at radius 2 is 2.06 bits per heavy atom. The third-order valence-electron chi connectivity index (χ3n) is 2.64. The molecule has 17 heavy (non-hydrogen) atoms. The van der Waals surface area contributed by atoms with Crippen molar-refractivity contribution in [2.75, 3.05) is 6.54 Å². The summed E-state index contributed by atoms with van der Waals surface area (Å²) in [5, 5.41) is 15.5. The lowest BCUT2D eigenvalue weighted by Crippen LogP contribution is -2.57. The van der Waals surface area contributed by atoms with Gasteiger partial charge in [-0.1, -0.05) is 17.2 Å². The summed E-state index contributed by atoms with van der Waals surface area (Å²) < 4.78 is 32.1. The Hall–Kier alpha value is -1.60. The third-order valence-corrected chi connectivity index (χ3v) is 2.64. The van der Waals surface area contributed by atoms with Gasteiger partial charge >= 0.3 is 0 Å². The van der Waals surface area contributed by atoms with E-state index in [2.05, 4.69) is 24.8 Å². The fraction of sp³-hybridized carbons (Fsp3) is 1.00. The summed E-state index contributed by atoms with van der Waals surface area (Å²) in [6.07, 6.45) is -3.37. The first-order valence-corrected chi connectivity index (χ1v) is 4.71. The van der Waals surface area contributed by atoms with Crippen molar-refractivity contribution in [2.24, 2.45) is 16.1 Å². The second-order valence-electron chi connectivity index (χ2n) is 3.59. The maximum Gasteiger partial charge on any atom is 0.277 e. The summed E-state index contributed by atoms with van der Waals surface area (Å²) in [5.41, 5.74) is 16.3. The molecule has 0 radical (unpaired) electrons. The van der Waals surface area contributed by atoms with Gasteiger partial charge in [-0.2, -0.15) is 0 Å². The number of nitrogens with zero attached hydrogens (tertiary/aromatic N) is 6. The monoisotopic (exact) mass is 248 g/mol. The van der Waals surface area contributed by atoms with E-state index in [1.807, 2.05) is 0 Å². The van der Waals surface area contributed by atoms with Crippen molar-refractivity contribution in [3.05, 3.63) is 20.9 Å². The molecule has 1 rings (SSSR count). The van der Waals surface area contributed by atoms with E-state index in [1.165, 1.54) is 0 Å². The van der Waals surface area contributed by atoms with Gasteiger partial charge in [0.1, 0.15) is 6.10 Å². The van der Waals surface area contributed by atoms with Crippen LogP contribution >= 0.6 is 0 Å². The first-order chi connectivity index (χ1) is 7.95. The molecule has 0 amide bonds. The molecule has 0 aromatic carbocycles. The van der Waals surface area contributed by atoms with Crippen LogP contribution in [0, 0.1) is 5.92 Å². The van der Waals surface area contributed by atoms with E-state index in [0.717, 1.165) is 6.92 Å². The van der Waals surface area contributed by atoms with Crippen molar-refractivity contribution < 1.29 is 18.6 Å². The van der Waals surface area contributed by atoms with Crippen LogP contribution in [0.15, 0.2) is 10.2 Å². The number of ether oxygens (including phenoxy) is 1. The third kappa shape index (κ3) is 2.56. The molecule has 1 saturated heterocycles. The molecule has 1 fully saturated rings. The fourth-order valence-corrected chi connectivity index (χ4v) is 1.60. The van der Waals surface area contributed by atoms with Gasteiger partial charge in [-0.25, -0.2) is 8.78 Å². The maximum absolute atomic E-state index is 13.7. The lowest BCUT2D eigenvalue weighted by atomic mass is 9.88. The van der Waals surface area contributed by atoms with Gasteiger partial charge in [0.25, 0.3) is 5.92 Å². The van der Waals surface area contributed by atoms with E-state index < -0.39 is 36.8 Å². The number of hydrogen-bond donors (Lipinski definition) is 1. The average Bonchev–Trinajstić information content (AvgIpc) is 2.28. The summed E-state index contributed by atoms with van der Waals surface area (Å²) >= 11 is 0. The summed E-state index contributed by atoms with van der Waals surface area (Å²) in [4.78, 5) is 4.73. The highest BCUT2D eigenvalue weighted by Gasteiger charge is 2.55. The van der Waals surface area contributed by atoms with Gasteiger partial charge in [0.2, 0.25) is 0 Å². The van der Waals surface area contributed by atoms with Crippen LogP contribution < -0.4 is 0 Å². The highest BCUT2D eigenvalue weighted by Crippen LogP contribution is 2.40. The molecule has 1 aliphatic heterocycles. The molecule has 1 N–H and O–H groups in total. The summed E-state index contributed by atoms with van der Waals surface area (Å²) in [6, 6.07) is -1.38. The second-order valence-corrected chi connectivity index (χ2v) is 3.59. The first kappa shape index (κ1) is 13.5. The molecule has 1 heterocycles. The van der Waals surface area contributed by atoms with Crippen LogP contribution in [0.5, 0.6) is 0 Å². The highest BCUT2D eigenvalue weighted by molar-refractivity contribution is 4.96. The molecule has 0 saturated carbocycles. The topological polar surface area (TPSA) is 127 Å². The van der Waals surface area contributed by atoms with Gasteiger partial charge in [0.05, 0.1) is 12.6 Å². The van der Waals surface area contributed by atoms with E-state index in [4.69, 9.17) is 11.1 Å². The number of alkyl halides is 2. The molecule has 0 spiro atoms. The quantitative estimate of drug-likeness (QED) is 0.465.